The van der Waals surface area contributed by atoms with Crippen molar-refractivity contribution in [1.29, 1.82) is 0 Å². The number of phenolic OH excluding ortho intramolecular Hbond substituents is 1. The summed E-state index contributed by atoms with van der Waals surface area (Å²) in [6, 6.07) is 6.09. The number of carbonyl (C=O) groups is 1. The second-order valence-corrected chi connectivity index (χ2v) is 9.43. The second-order valence-electron chi connectivity index (χ2n) is 9.43. The Balaban J connectivity index is 1.59. The smallest absolute Gasteiger partial charge is 0.338 e. The van der Waals surface area contributed by atoms with Gasteiger partial charge in [0, 0.05) is 6.42 Å². The summed E-state index contributed by atoms with van der Waals surface area (Å²) in [5.74, 6) is 0.692. The Morgan fingerprint density at radius 2 is 1.85 bits per heavy atom. The van der Waals surface area contributed by atoms with Gasteiger partial charge in [-0.2, -0.15) is 0 Å². The maximum absolute atomic E-state index is 12.7. The molecule has 0 radical (unpaired) electrons. The van der Waals surface area contributed by atoms with Crippen LogP contribution in [-0.2, 0) is 9.47 Å². The highest BCUT2D eigenvalue weighted by Crippen LogP contribution is 2.63. The molecule has 1 heterocycles. The maximum Gasteiger partial charge on any atom is 0.338 e. The zero-order chi connectivity index (χ0) is 19.6. The standard InChI is InChI=1S/C22H30O5/c1-12(2)15-9-17-16(10-19-22(17,4)27-19)21(3,25)11-18(15)26-20(24)13-5-7-14(23)8-6-13/h5-8,12,15-19,23,25H,9-11H2,1-4H3/t15-,16+,17-,18+,19+,21+,22-/m0/s1. The lowest BCUT2D eigenvalue weighted by atomic mass is 9.76. The molecule has 148 valence electrons. The highest BCUT2D eigenvalue weighted by Gasteiger charge is 2.69. The number of carbonyl (C=O) groups excluding carboxylic acids is 1. The molecular weight excluding hydrogens is 344 g/mol. The largest absolute Gasteiger partial charge is 0.508 e. The van der Waals surface area contributed by atoms with Gasteiger partial charge in [-0.15, -0.1) is 0 Å². The number of benzene rings is 1. The van der Waals surface area contributed by atoms with Crippen LogP contribution in [0.3, 0.4) is 0 Å². The highest BCUT2D eigenvalue weighted by molar-refractivity contribution is 5.89. The van der Waals surface area contributed by atoms with Gasteiger partial charge in [0.25, 0.3) is 0 Å². The predicted octanol–water partition coefficient (Wildman–Crippen LogP) is 3.53. The Hall–Kier alpha value is -1.59. The van der Waals surface area contributed by atoms with Crippen LogP contribution in [0, 0.1) is 23.7 Å². The quantitative estimate of drug-likeness (QED) is 0.625. The summed E-state index contributed by atoms with van der Waals surface area (Å²) in [5, 5.41) is 20.7. The third-order valence-electron chi connectivity index (χ3n) is 7.30. The lowest BCUT2D eigenvalue weighted by molar-refractivity contribution is -0.0657. The van der Waals surface area contributed by atoms with Gasteiger partial charge >= 0.3 is 5.97 Å². The van der Waals surface area contributed by atoms with Crippen LogP contribution in [0.4, 0.5) is 0 Å². The van der Waals surface area contributed by atoms with Crippen LogP contribution < -0.4 is 0 Å². The molecule has 0 aromatic heterocycles. The molecule has 3 aliphatic rings. The topological polar surface area (TPSA) is 79.3 Å². The van der Waals surface area contributed by atoms with Gasteiger partial charge in [-0.1, -0.05) is 13.8 Å². The second kappa shape index (κ2) is 6.21. The summed E-state index contributed by atoms with van der Waals surface area (Å²) in [6.07, 6.45) is 2.16. The van der Waals surface area contributed by atoms with Gasteiger partial charge in [-0.25, -0.2) is 4.79 Å². The molecular formula is C22H30O5. The number of rotatable bonds is 3. The molecule has 0 unspecified atom stereocenters. The molecule has 0 spiro atoms. The van der Waals surface area contributed by atoms with E-state index in [1.165, 1.54) is 12.1 Å². The van der Waals surface area contributed by atoms with Crippen LogP contribution in [0.15, 0.2) is 24.3 Å². The summed E-state index contributed by atoms with van der Waals surface area (Å²) < 4.78 is 11.9. The summed E-state index contributed by atoms with van der Waals surface area (Å²) >= 11 is 0. The van der Waals surface area contributed by atoms with E-state index in [0.717, 1.165) is 12.8 Å². The van der Waals surface area contributed by atoms with Gasteiger partial charge in [0.15, 0.2) is 0 Å². The number of aliphatic hydroxyl groups is 1. The molecule has 7 atom stereocenters. The van der Waals surface area contributed by atoms with E-state index in [9.17, 15) is 15.0 Å². The molecule has 3 fully saturated rings. The van der Waals surface area contributed by atoms with E-state index in [1.807, 2.05) is 6.92 Å². The van der Waals surface area contributed by atoms with Crippen molar-refractivity contribution in [2.75, 3.05) is 0 Å². The van der Waals surface area contributed by atoms with Gasteiger partial charge in [-0.05, 0) is 74.6 Å². The first-order valence-electron chi connectivity index (χ1n) is 10.0. The predicted molar refractivity (Wildman–Crippen MR) is 100 cm³/mol. The van der Waals surface area contributed by atoms with E-state index < -0.39 is 11.6 Å². The zero-order valence-corrected chi connectivity index (χ0v) is 16.5. The minimum Gasteiger partial charge on any atom is -0.508 e. The molecule has 0 amide bonds. The molecule has 2 aliphatic carbocycles. The number of esters is 1. The fraction of sp³-hybridized carbons (Fsp3) is 0.682. The van der Waals surface area contributed by atoms with Crippen molar-refractivity contribution >= 4 is 5.97 Å². The number of hydrogen-bond donors (Lipinski definition) is 2. The number of hydrogen-bond acceptors (Lipinski definition) is 5. The van der Waals surface area contributed by atoms with Gasteiger partial charge < -0.3 is 19.7 Å². The fourth-order valence-electron chi connectivity index (χ4n) is 5.55. The summed E-state index contributed by atoms with van der Waals surface area (Å²) in [5.41, 5.74) is -0.594. The average molecular weight is 374 g/mol. The van der Waals surface area contributed by atoms with E-state index in [-0.39, 0.29) is 35.4 Å². The van der Waals surface area contributed by atoms with Crippen LogP contribution >= 0.6 is 0 Å². The normalized spacial score (nSPS) is 43.0. The first-order chi connectivity index (χ1) is 12.6. The molecule has 2 N–H and O–H groups in total. The number of fused-ring (bicyclic) bond motifs is 3. The third kappa shape index (κ3) is 3.15. The van der Waals surface area contributed by atoms with Crippen LogP contribution in [0.2, 0.25) is 0 Å². The van der Waals surface area contributed by atoms with E-state index >= 15 is 0 Å². The fourth-order valence-corrected chi connectivity index (χ4v) is 5.55. The van der Waals surface area contributed by atoms with Crippen LogP contribution in [0.1, 0.15) is 57.3 Å². The van der Waals surface area contributed by atoms with E-state index in [1.54, 1.807) is 12.1 Å². The minimum absolute atomic E-state index is 0.115. The summed E-state index contributed by atoms with van der Waals surface area (Å²) in [7, 11) is 0. The van der Waals surface area contributed by atoms with E-state index in [2.05, 4.69) is 20.8 Å². The number of phenols is 1. The van der Waals surface area contributed by atoms with E-state index in [4.69, 9.17) is 9.47 Å². The number of epoxide rings is 1. The molecule has 2 saturated carbocycles. The molecule has 1 aliphatic heterocycles. The van der Waals surface area contributed by atoms with Crippen molar-refractivity contribution in [3.05, 3.63) is 29.8 Å². The van der Waals surface area contributed by atoms with Crippen molar-refractivity contribution in [3.63, 3.8) is 0 Å². The lowest BCUT2D eigenvalue weighted by Crippen LogP contribution is -2.41. The van der Waals surface area contributed by atoms with Gasteiger partial charge in [0.2, 0.25) is 0 Å². The highest BCUT2D eigenvalue weighted by atomic mass is 16.6. The van der Waals surface area contributed by atoms with Gasteiger partial charge in [-0.3, -0.25) is 0 Å². The number of ether oxygens (including phenoxy) is 2. The summed E-state index contributed by atoms with van der Waals surface area (Å²) in [6.45, 7) is 8.37. The summed E-state index contributed by atoms with van der Waals surface area (Å²) in [4.78, 5) is 12.7. The first kappa shape index (κ1) is 18.8. The lowest BCUT2D eigenvalue weighted by Gasteiger charge is -2.35. The Morgan fingerprint density at radius 1 is 1.19 bits per heavy atom. The monoisotopic (exact) mass is 374 g/mol. The van der Waals surface area contributed by atoms with Crippen molar-refractivity contribution in [2.24, 2.45) is 23.7 Å². The van der Waals surface area contributed by atoms with Crippen molar-refractivity contribution < 1.29 is 24.5 Å². The molecule has 0 bridgehead atoms. The molecule has 27 heavy (non-hydrogen) atoms. The van der Waals surface area contributed by atoms with Crippen molar-refractivity contribution in [1.82, 2.24) is 0 Å². The first-order valence-corrected chi connectivity index (χ1v) is 10.0. The van der Waals surface area contributed by atoms with Gasteiger partial charge in [0.05, 0.1) is 22.9 Å². The molecule has 5 nitrogen and oxygen atoms in total. The third-order valence-corrected chi connectivity index (χ3v) is 7.30. The molecule has 1 saturated heterocycles. The van der Waals surface area contributed by atoms with Gasteiger partial charge in [0.1, 0.15) is 11.9 Å². The minimum atomic E-state index is -0.881. The molecule has 1 aromatic rings. The zero-order valence-electron chi connectivity index (χ0n) is 16.5. The Kier molecular flexibility index (Phi) is 4.32. The van der Waals surface area contributed by atoms with E-state index in [0.29, 0.717) is 23.8 Å². The SMILES string of the molecule is CC(C)[C@@H]1C[C@H]2[C@@H](C[C@H]3O[C@]32C)[C@](C)(O)C[C@H]1OC(=O)c1ccc(O)cc1. The molecule has 4 rings (SSSR count). The molecule has 5 heteroatoms. The van der Waals surface area contributed by atoms with Crippen LogP contribution in [0.5, 0.6) is 5.75 Å². The number of aromatic hydroxyl groups is 1. The van der Waals surface area contributed by atoms with Crippen molar-refractivity contribution in [2.45, 2.75) is 70.4 Å². The Bertz CT molecular complexity index is 725. The van der Waals surface area contributed by atoms with Crippen molar-refractivity contribution in [3.8, 4) is 5.75 Å². The maximum atomic E-state index is 12.7. The average Bonchev–Trinajstić information content (AvgIpc) is 3.18. The van der Waals surface area contributed by atoms with Crippen LogP contribution in [-0.4, -0.2) is 39.6 Å². The Labute approximate surface area is 160 Å². The van der Waals surface area contributed by atoms with Crippen LogP contribution in [0.25, 0.3) is 0 Å². The Morgan fingerprint density at radius 3 is 2.48 bits per heavy atom. The molecule has 1 aromatic carbocycles.